The number of nitrogens with two attached hydrogens (primary N) is 6. The van der Waals surface area contributed by atoms with Gasteiger partial charge in [0.25, 0.3) is 17.7 Å². The number of methoxy groups -OCH3 is 3. The van der Waals surface area contributed by atoms with Crippen molar-refractivity contribution in [2.45, 2.75) is 70.5 Å². The van der Waals surface area contributed by atoms with Gasteiger partial charge in [-0.15, -0.1) is 0 Å². The molecule has 368 valence electrons. The lowest BCUT2D eigenvalue weighted by Gasteiger charge is -2.21. The number of hydrogen-bond acceptors (Lipinski definition) is 12. The Hall–Kier alpha value is -8.31. The van der Waals surface area contributed by atoms with Crippen LogP contribution in [0, 0.1) is 0 Å². The third-order valence-corrected chi connectivity index (χ3v) is 9.79. The molecule has 0 radical (unpaired) electrons. The molecule has 0 heterocycles. The SMILES string of the molecule is COc1ccc(NC(=O)C(CCCN=C(N)N)NC(=O)c2cc(NC(=O)C(CCCN=C(N)N)NC(=O)c3cc(NC(C)=O)ccc3OC)ccc2OC)cc1C(=O)NC(C)CCCN=C(N)N. The Labute approximate surface area is 393 Å². The standard InChI is InChI=1S/C44H63N15O9/c1-24(9-6-18-51-42(45)46)54-37(61)29-22-27(13-16-34(29)66-3)56-40(64)33(11-8-20-53-44(49)50)59-39(63)31-23-28(14-17-36(31)68-5)57-41(65)32(10-7-19-52-43(47)48)58-38(62)30-21-26(55-25(2)60)12-15-35(30)67-4/h12-17,21-24,32-33H,6-11,18-20H2,1-5H3,(H,54,61)(H,55,60)(H,56,64)(H,57,65)(H,58,62)(H,59,63)(H4,45,46,51)(H4,47,48,52)(H4,49,50,53). The molecule has 18 N–H and O–H groups in total. The van der Waals surface area contributed by atoms with E-state index >= 15 is 0 Å². The van der Waals surface area contributed by atoms with Crippen LogP contribution in [0.2, 0.25) is 0 Å². The minimum atomic E-state index is -1.18. The van der Waals surface area contributed by atoms with Crippen LogP contribution >= 0.6 is 0 Å². The van der Waals surface area contributed by atoms with Crippen molar-refractivity contribution in [1.29, 1.82) is 0 Å². The van der Waals surface area contributed by atoms with Crippen molar-refractivity contribution in [2.24, 2.45) is 49.4 Å². The van der Waals surface area contributed by atoms with Crippen molar-refractivity contribution < 1.29 is 43.0 Å². The molecule has 0 aliphatic rings. The summed E-state index contributed by atoms with van der Waals surface area (Å²) in [4.78, 5) is 92.6. The third kappa shape index (κ3) is 17.9. The molecule has 0 aliphatic heterocycles. The highest BCUT2D eigenvalue weighted by Crippen LogP contribution is 2.27. The monoisotopic (exact) mass is 945 g/mol. The van der Waals surface area contributed by atoms with Gasteiger partial charge in [-0.25, -0.2) is 0 Å². The first-order valence-electron chi connectivity index (χ1n) is 21.4. The van der Waals surface area contributed by atoms with Crippen molar-refractivity contribution in [3.8, 4) is 17.2 Å². The van der Waals surface area contributed by atoms with Crippen LogP contribution in [0.4, 0.5) is 17.1 Å². The van der Waals surface area contributed by atoms with Crippen LogP contribution in [0.1, 0.15) is 83.4 Å². The predicted octanol–water partition coefficient (Wildman–Crippen LogP) is 0.424. The summed E-state index contributed by atoms with van der Waals surface area (Å²) in [5.41, 5.74) is 33.6. The number of amides is 6. The number of hydrogen-bond donors (Lipinski definition) is 12. The minimum Gasteiger partial charge on any atom is -0.496 e. The third-order valence-electron chi connectivity index (χ3n) is 9.79. The van der Waals surface area contributed by atoms with Crippen LogP contribution < -0.4 is 80.5 Å². The Morgan fingerprint density at radius 2 is 0.824 bits per heavy atom. The summed E-state index contributed by atoms with van der Waals surface area (Å²) < 4.78 is 16.3. The molecule has 24 heteroatoms. The van der Waals surface area contributed by atoms with Crippen molar-refractivity contribution in [3.05, 3.63) is 71.3 Å². The zero-order chi connectivity index (χ0) is 50.3. The van der Waals surface area contributed by atoms with E-state index in [1.54, 1.807) is 6.07 Å². The van der Waals surface area contributed by atoms with Gasteiger partial charge in [-0.2, -0.15) is 0 Å². The van der Waals surface area contributed by atoms with Crippen LogP contribution in [-0.4, -0.2) is 112 Å². The lowest BCUT2D eigenvalue weighted by Crippen LogP contribution is -2.44. The van der Waals surface area contributed by atoms with E-state index in [-0.39, 0.29) is 114 Å². The molecular weight excluding hydrogens is 883 g/mol. The number of benzene rings is 3. The van der Waals surface area contributed by atoms with Crippen LogP contribution in [0.25, 0.3) is 0 Å². The molecule has 6 amide bonds. The smallest absolute Gasteiger partial charge is 0.255 e. The molecule has 0 bridgehead atoms. The van der Waals surface area contributed by atoms with Crippen molar-refractivity contribution in [2.75, 3.05) is 56.9 Å². The number of aliphatic imine (C=N–C) groups is 3. The van der Waals surface area contributed by atoms with Crippen LogP contribution in [0.15, 0.2) is 69.6 Å². The molecule has 0 fully saturated rings. The maximum atomic E-state index is 14.1. The summed E-state index contributed by atoms with van der Waals surface area (Å²) in [5, 5.41) is 16.5. The Kier molecular flexibility index (Phi) is 21.6. The van der Waals surface area contributed by atoms with Gasteiger partial charge in [-0.1, -0.05) is 0 Å². The normalized spacial score (nSPS) is 11.8. The molecule has 3 atom stereocenters. The molecular formula is C44H63N15O9. The topological polar surface area (TPSA) is 395 Å². The highest BCUT2D eigenvalue weighted by Gasteiger charge is 2.27. The van der Waals surface area contributed by atoms with Crippen LogP contribution in [0.5, 0.6) is 17.2 Å². The molecule has 24 nitrogen and oxygen atoms in total. The number of anilines is 3. The zero-order valence-corrected chi connectivity index (χ0v) is 38.8. The summed E-state index contributed by atoms with van der Waals surface area (Å²) in [6, 6.07) is 10.6. The van der Waals surface area contributed by atoms with Crippen LogP contribution in [-0.2, 0) is 14.4 Å². The fraction of sp³-hybridized carbons (Fsp3) is 0.386. The number of nitrogens with zero attached hydrogens (tertiary/aromatic N) is 3. The second-order valence-corrected chi connectivity index (χ2v) is 15.2. The molecule has 0 saturated carbocycles. The van der Waals surface area contributed by atoms with Crippen molar-refractivity contribution in [1.82, 2.24) is 16.0 Å². The summed E-state index contributed by atoms with van der Waals surface area (Å²) in [7, 11) is 4.11. The Bertz CT molecular complexity index is 2340. The number of nitrogens with one attached hydrogen (secondary N) is 6. The van der Waals surface area contributed by atoms with Gasteiger partial charge in [0.15, 0.2) is 17.9 Å². The van der Waals surface area contributed by atoms with E-state index in [0.717, 1.165) is 0 Å². The van der Waals surface area contributed by atoms with E-state index in [2.05, 4.69) is 46.9 Å². The minimum absolute atomic E-state index is 0.0212. The molecule has 0 aromatic heterocycles. The van der Waals surface area contributed by atoms with E-state index in [4.69, 9.17) is 48.6 Å². The van der Waals surface area contributed by atoms with E-state index in [1.807, 2.05) is 6.92 Å². The van der Waals surface area contributed by atoms with Gasteiger partial charge in [-0.05, 0) is 100 Å². The van der Waals surface area contributed by atoms with Gasteiger partial charge < -0.3 is 80.5 Å². The van der Waals surface area contributed by atoms with Gasteiger partial charge in [0, 0.05) is 49.7 Å². The highest BCUT2D eigenvalue weighted by molar-refractivity contribution is 6.06. The first kappa shape index (κ1) is 54.0. The molecule has 3 rings (SSSR count). The lowest BCUT2D eigenvalue weighted by atomic mass is 10.1. The largest absolute Gasteiger partial charge is 0.496 e. The zero-order valence-electron chi connectivity index (χ0n) is 38.8. The second-order valence-electron chi connectivity index (χ2n) is 15.2. The summed E-state index contributed by atoms with van der Waals surface area (Å²) in [5.74, 6) is -3.37. The Morgan fingerprint density at radius 1 is 0.500 bits per heavy atom. The number of ether oxygens (including phenoxy) is 3. The Morgan fingerprint density at radius 3 is 1.15 bits per heavy atom. The number of rotatable bonds is 26. The molecule has 3 aromatic carbocycles. The molecule has 68 heavy (non-hydrogen) atoms. The summed E-state index contributed by atoms with van der Waals surface area (Å²) in [6.45, 7) is 3.83. The lowest BCUT2D eigenvalue weighted by molar-refractivity contribution is -0.118. The molecule has 0 aliphatic carbocycles. The quantitative estimate of drug-likeness (QED) is 0.0295. The van der Waals surface area contributed by atoms with Gasteiger partial charge in [0.2, 0.25) is 17.7 Å². The van der Waals surface area contributed by atoms with Gasteiger partial charge in [-0.3, -0.25) is 43.7 Å². The summed E-state index contributed by atoms with van der Waals surface area (Å²) >= 11 is 0. The molecule has 3 aromatic rings. The second kappa shape index (κ2) is 27.2. The van der Waals surface area contributed by atoms with Crippen LogP contribution in [0.3, 0.4) is 0 Å². The molecule has 0 saturated heterocycles. The van der Waals surface area contributed by atoms with Gasteiger partial charge in [0.1, 0.15) is 29.3 Å². The number of carbonyl (C=O) groups excluding carboxylic acids is 6. The maximum absolute atomic E-state index is 14.1. The van der Waals surface area contributed by atoms with Gasteiger partial charge in [0.05, 0.1) is 38.0 Å². The van der Waals surface area contributed by atoms with E-state index < -0.39 is 41.6 Å². The summed E-state index contributed by atoms with van der Waals surface area (Å²) in [6.07, 6.45) is 1.87. The molecule has 0 spiro atoms. The van der Waals surface area contributed by atoms with E-state index in [0.29, 0.717) is 25.1 Å². The van der Waals surface area contributed by atoms with E-state index in [9.17, 15) is 28.8 Å². The average molecular weight is 946 g/mol. The number of guanidine groups is 3. The first-order chi connectivity index (χ1) is 32.3. The fourth-order valence-corrected chi connectivity index (χ4v) is 6.55. The average Bonchev–Trinajstić information content (AvgIpc) is 3.29. The highest BCUT2D eigenvalue weighted by atomic mass is 16.5. The fourth-order valence-electron chi connectivity index (χ4n) is 6.55. The number of carbonyl (C=O) groups is 6. The van der Waals surface area contributed by atoms with E-state index in [1.165, 1.54) is 76.8 Å². The van der Waals surface area contributed by atoms with Crippen molar-refractivity contribution in [3.63, 3.8) is 0 Å². The Balaban J connectivity index is 1.89. The maximum Gasteiger partial charge on any atom is 0.255 e. The van der Waals surface area contributed by atoms with Crippen molar-refractivity contribution >= 4 is 70.4 Å². The van der Waals surface area contributed by atoms with Gasteiger partial charge >= 0.3 is 0 Å². The predicted molar refractivity (Wildman–Crippen MR) is 260 cm³/mol. The first-order valence-corrected chi connectivity index (χ1v) is 21.4. The molecule has 3 unspecified atom stereocenters.